The zero-order valence-corrected chi connectivity index (χ0v) is 6.42. The summed E-state index contributed by atoms with van der Waals surface area (Å²) in [5, 5.41) is 0. The molecule has 0 radical (unpaired) electrons. The minimum Gasteiger partial charge on any atom is -0.299 e. The summed E-state index contributed by atoms with van der Waals surface area (Å²) in [7, 11) is 0. The molecule has 1 atom stereocenters. The Balaban J connectivity index is 2.74. The van der Waals surface area contributed by atoms with Crippen LogP contribution in [0.4, 0.5) is 0 Å². The predicted octanol–water partition coefficient (Wildman–Crippen LogP) is 0.514. The van der Waals surface area contributed by atoms with Crippen LogP contribution in [0.2, 0.25) is 0 Å². The van der Waals surface area contributed by atoms with E-state index in [9.17, 15) is 14.4 Å². The first-order valence-electron chi connectivity index (χ1n) is 3.70. The molecule has 1 saturated carbocycles. The Morgan fingerprint density at radius 1 is 1.45 bits per heavy atom. The number of Topliss-reactive ketones (excluding diaryl/α,β-unsaturated/α-hetero) is 3. The number of hydrogen-bond acceptors (Lipinski definition) is 3. The van der Waals surface area contributed by atoms with Crippen LogP contribution in [0.15, 0.2) is 0 Å². The molecule has 0 aromatic rings. The maximum Gasteiger partial charge on any atom is 0.208 e. The van der Waals surface area contributed by atoms with E-state index < -0.39 is 11.7 Å². The molecule has 1 aliphatic rings. The van der Waals surface area contributed by atoms with Crippen molar-refractivity contribution in [2.45, 2.75) is 26.2 Å². The van der Waals surface area contributed by atoms with E-state index in [1.807, 2.05) is 0 Å². The Bertz CT molecular complexity index is 217. The molecular weight excluding hydrogens is 144 g/mol. The highest BCUT2D eigenvalue weighted by molar-refractivity contribution is 6.41. The molecular formula is C8H10O3. The highest BCUT2D eigenvalue weighted by Gasteiger charge is 2.31. The zero-order chi connectivity index (χ0) is 8.43. The second-order valence-electron chi connectivity index (χ2n) is 2.84. The lowest BCUT2D eigenvalue weighted by atomic mass is 9.85. The fourth-order valence-electron chi connectivity index (χ4n) is 1.30. The van der Waals surface area contributed by atoms with Crippen molar-refractivity contribution in [3.8, 4) is 0 Å². The van der Waals surface area contributed by atoms with Crippen molar-refractivity contribution in [2.75, 3.05) is 0 Å². The third kappa shape index (κ3) is 1.53. The van der Waals surface area contributed by atoms with Crippen LogP contribution in [0.25, 0.3) is 0 Å². The van der Waals surface area contributed by atoms with Crippen LogP contribution >= 0.6 is 0 Å². The Morgan fingerprint density at radius 2 is 2.09 bits per heavy atom. The molecule has 3 heteroatoms. The Morgan fingerprint density at radius 3 is 2.55 bits per heavy atom. The lowest BCUT2D eigenvalue weighted by Crippen LogP contribution is -2.32. The molecule has 0 N–H and O–H groups in total. The molecule has 1 rings (SSSR count). The molecule has 1 unspecified atom stereocenters. The Labute approximate surface area is 64.8 Å². The van der Waals surface area contributed by atoms with E-state index in [2.05, 4.69) is 0 Å². The fourth-order valence-corrected chi connectivity index (χ4v) is 1.30. The lowest BCUT2D eigenvalue weighted by molar-refractivity contribution is -0.144. The van der Waals surface area contributed by atoms with E-state index in [1.54, 1.807) is 0 Å². The van der Waals surface area contributed by atoms with Crippen LogP contribution in [0, 0.1) is 5.92 Å². The normalized spacial score (nSPS) is 25.4. The van der Waals surface area contributed by atoms with Crippen molar-refractivity contribution in [1.29, 1.82) is 0 Å². The monoisotopic (exact) mass is 154 g/mol. The van der Waals surface area contributed by atoms with Gasteiger partial charge in [0.25, 0.3) is 0 Å². The lowest BCUT2D eigenvalue weighted by Gasteiger charge is -2.15. The van der Waals surface area contributed by atoms with Crippen molar-refractivity contribution < 1.29 is 14.4 Å². The average molecular weight is 154 g/mol. The summed E-state index contributed by atoms with van der Waals surface area (Å²) in [4.78, 5) is 32.6. The predicted molar refractivity (Wildman–Crippen MR) is 38.0 cm³/mol. The first-order valence-corrected chi connectivity index (χ1v) is 3.70. The standard InChI is InChI=1S/C8H10O3/c1-5(9)6-3-2-4-7(10)8(6)11/h6H,2-4H2,1H3. The first kappa shape index (κ1) is 8.11. The molecule has 0 heterocycles. The smallest absolute Gasteiger partial charge is 0.208 e. The summed E-state index contributed by atoms with van der Waals surface area (Å²) < 4.78 is 0. The van der Waals surface area contributed by atoms with Gasteiger partial charge in [-0.3, -0.25) is 14.4 Å². The van der Waals surface area contributed by atoms with E-state index in [1.165, 1.54) is 6.92 Å². The Kier molecular flexibility index (Phi) is 2.17. The highest BCUT2D eigenvalue weighted by Crippen LogP contribution is 2.18. The molecule has 0 bridgehead atoms. The number of hydrogen-bond donors (Lipinski definition) is 0. The van der Waals surface area contributed by atoms with Crippen molar-refractivity contribution in [3.63, 3.8) is 0 Å². The van der Waals surface area contributed by atoms with Gasteiger partial charge in [-0.2, -0.15) is 0 Å². The van der Waals surface area contributed by atoms with Crippen molar-refractivity contribution in [3.05, 3.63) is 0 Å². The quantitative estimate of drug-likeness (QED) is 0.408. The minimum absolute atomic E-state index is 0.178. The van der Waals surface area contributed by atoms with Gasteiger partial charge < -0.3 is 0 Å². The number of carbonyl (C=O) groups is 3. The van der Waals surface area contributed by atoms with Crippen LogP contribution in [0.1, 0.15) is 26.2 Å². The van der Waals surface area contributed by atoms with Gasteiger partial charge in [0.15, 0.2) is 5.78 Å². The van der Waals surface area contributed by atoms with Crippen LogP contribution in [-0.2, 0) is 14.4 Å². The Hall–Kier alpha value is -0.990. The molecule has 60 valence electrons. The van der Waals surface area contributed by atoms with Gasteiger partial charge in [0, 0.05) is 6.42 Å². The largest absolute Gasteiger partial charge is 0.299 e. The topological polar surface area (TPSA) is 51.2 Å². The SMILES string of the molecule is CC(=O)C1CCCC(=O)C1=O. The fraction of sp³-hybridized carbons (Fsp3) is 0.625. The summed E-state index contributed by atoms with van der Waals surface area (Å²) in [6.45, 7) is 1.36. The molecule has 0 saturated heterocycles. The number of ketones is 3. The molecule has 0 amide bonds. The van der Waals surface area contributed by atoms with E-state index in [0.717, 1.165) is 0 Å². The van der Waals surface area contributed by atoms with E-state index >= 15 is 0 Å². The van der Waals surface area contributed by atoms with Crippen LogP contribution in [0.5, 0.6) is 0 Å². The van der Waals surface area contributed by atoms with Gasteiger partial charge in [-0.15, -0.1) is 0 Å². The molecule has 0 aromatic heterocycles. The van der Waals surface area contributed by atoms with Crippen LogP contribution in [-0.4, -0.2) is 17.3 Å². The molecule has 1 fully saturated rings. The van der Waals surface area contributed by atoms with Gasteiger partial charge in [0.1, 0.15) is 5.78 Å². The number of rotatable bonds is 1. The van der Waals surface area contributed by atoms with Gasteiger partial charge in [-0.25, -0.2) is 0 Å². The second kappa shape index (κ2) is 2.95. The third-order valence-corrected chi connectivity index (χ3v) is 1.98. The second-order valence-corrected chi connectivity index (χ2v) is 2.84. The summed E-state index contributed by atoms with van der Waals surface area (Å²) in [6, 6.07) is 0. The summed E-state index contributed by atoms with van der Waals surface area (Å²) in [6.07, 6.45) is 1.55. The molecule has 0 spiro atoms. The third-order valence-electron chi connectivity index (χ3n) is 1.98. The van der Waals surface area contributed by atoms with Crippen molar-refractivity contribution in [1.82, 2.24) is 0 Å². The van der Waals surface area contributed by atoms with Crippen LogP contribution < -0.4 is 0 Å². The number of carbonyl (C=O) groups excluding carboxylic acids is 3. The van der Waals surface area contributed by atoms with Gasteiger partial charge in [-0.05, 0) is 19.8 Å². The van der Waals surface area contributed by atoms with E-state index in [4.69, 9.17) is 0 Å². The first-order chi connectivity index (χ1) is 5.13. The molecule has 3 nitrogen and oxygen atoms in total. The summed E-state index contributed by atoms with van der Waals surface area (Å²) >= 11 is 0. The van der Waals surface area contributed by atoms with Gasteiger partial charge in [0.05, 0.1) is 5.92 Å². The minimum atomic E-state index is -0.628. The molecule has 0 aromatic carbocycles. The summed E-state index contributed by atoms with van der Waals surface area (Å²) in [5.74, 6) is -1.67. The van der Waals surface area contributed by atoms with Gasteiger partial charge in [-0.1, -0.05) is 0 Å². The average Bonchev–Trinajstić information content (AvgIpc) is 1.94. The van der Waals surface area contributed by atoms with E-state index in [0.29, 0.717) is 19.3 Å². The molecule has 0 aliphatic heterocycles. The molecule has 11 heavy (non-hydrogen) atoms. The van der Waals surface area contributed by atoms with Crippen molar-refractivity contribution in [2.24, 2.45) is 5.92 Å². The highest BCUT2D eigenvalue weighted by atomic mass is 16.2. The van der Waals surface area contributed by atoms with E-state index in [-0.39, 0.29) is 11.6 Å². The summed E-state index contributed by atoms with van der Waals surface area (Å²) in [5.41, 5.74) is 0. The van der Waals surface area contributed by atoms with Crippen LogP contribution in [0.3, 0.4) is 0 Å². The maximum absolute atomic E-state index is 11.0. The zero-order valence-electron chi connectivity index (χ0n) is 6.42. The molecule has 1 aliphatic carbocycles. The van der Waals surface area contributed by atoms with Gasteiger partial charge in [0.2, 0.25) is 5.78 Å². The maximum atomic E-state index is 11.0. The van der Waals surface area contributed by atoms with Crippen molar-refractivity contribution >= 4 is 17.3 Å². The van der Waals surface area contributed by atoms with Gasteiger partial charge >= 0.3 is 0 Å².